The Kier molecular flexibility index (Phi) is 4.35. The van der Waals surface area contributed by atoms with Gasteiger partial charge in [0.05, 0.1) is 25.4 Å². The van der Waals surface area contributed by atoms with E-state index in [1.54, 1.807) is 6.20 Å². The molecule has 2 unspecified atom stereocenters. The molecular formula is C11H17N5O4. The molecule has 0 radical (unpaired) electrons. The number of aromatic amines is 2. The topological polar surface area (TPSA) is 160 Å². The van der Waals surface area contributed by atoms with E-state index in [1.807, 2.05) is 0 Å². The van der Waals surface area contributed by atoms with Crippen LogP contribution in [-0.2, 0) is 6.54 Å². The van der Waals surface area contributed by atoms with Gasteiger partial charge in [-0.1, -0.05) is 0 Å². The molecule has 20 heavy (non-hydrogen) atoms. The number of nitrogens with one attached hydrogen (secondary N) is 3. The van der Waals surface area contributed by atoms with Crippen LogP contribution in [0.15, 0.2) is 11.0 Å². The van der Waals surface area contributed by atoms with E-state index in [0.717, 1.165) is 0 Å². The third-order valence-corrected chi connectivity index (χ3v) is 3.04. The minimum atomic E-state index is -1.08. The van der Waals surface area contributed by atoms with E-state index in [4.69, 9.17) is 15.9 Å². The molecule has 0 spiro atoms. The van der Waals surface area contributed by atoms with Crippen LogP contribution in [0, 0.1) is 0 Å². The Morgan fingerprint density at radius 2 is 2.15 bits per heavy atom. The summed E-state index contributed by atoms with van der Waals surface area (Å²) in [5.74, 6) is 0.0115. The van der Waals surface area contributed by atoms with Gasteiger partial charge in [-0.3, -0.25) is 9.78 Å². The van der Waals surface area contributed by atoms with Crippen LogP contribution in [0.2, 0.25) is 0 Å². The summed E-state index contributed by atoms with van der Waals surface area (Å²) in [6, 6.07) is -0.677. The highest BCUT2D eigenvalue weighted by atomic mass is 16.3. The van der Waals surface area contributed by atoms with Crippen LogP contribution in [0.25, 0.3) is 11.0 Å². The fourth-order valence-corrected chi connectivity index (χ4v) is 1.91. The first-order valence-corrected chi connectivity index (χ1v) is 6.05. The predicted octanol–water partition coefficient (Wildman–Crippen LogP) is -2.36. The highest BCUT2D eigenvalue weighted by Crippen LogP contribution is 2.13. The molecule has 2 heterocycles. The standard InChI is InChI=1S/C11H17N5O4/c12-11-15-8-5(2-14-9(8)10(20)16-11)1-13-6(3-17)7(19)4-18/h2,6-7,13-14,17-19H,1,3-4H2,(H3,12,15,16,20). The molecule has 0 aromatic carbocycles. The second-order valence-electron chi connectivity index (χ2n) is 4.41. The zero-order valence-corrected chi connectivity index (χ0v) is 10.6. The van der Waals surface area contributed by atoms with Crippen molar-refractivity contribution in [2.45, 2.75) is 18.7 Å². The molecule has 2 rings (SSSR count). The first-order valence-electron chi connectivity index (χ1n) is 6.05. The molecule has 8 N–H and O–H groups in total. The van der Waals surface area contributed by atoms with Gasteiger partial charge >= 0.3 is 0 Å². The number of aromatic nitrogens is 3. The Balaban J connectivity index is 2.20. The van der Waals surface area contributed by atoms with Crippen LogP contribution in [0.5, 0.6) is 0 Å². The minimum Gasteiger partial charge on any atom is -0.395 e. The zero-order valence-electron chi connectivity index (χ0n) is 10.6. The van der Waals surface area contributed by atoms with Crippen molar-refractivity contribution in [2.24, 2.45) is 0 Å². The van der Waals surface area contributed by atoms with Gasteiger partial charge in [0, 0.05) is 18.3 Å². The third kappa shape index (κ3) is 2.80. The first kappa shape index (κ1) is 14.5. The summed E-state index contributed by atoms with van der Waals surface area (Å²) in [6.07, 6.45) is 0.519. The van der Waals surface area contributed by atoms with Crippen molar-refractivity contribution >= 4 is 17.0 Å². The summed E-state index contributed by atoms with van der Waals surface area (Å²) in [4.78, 5) is 20.8. The molecule has 0 fully saturated rings. The van der Waals surface area contributed by atoms with E-state index >= 15 is 0 Å². The number of nitrogens with two attached hydrogens (primary N) is 1. The van der Waals surface area contributed by atoms with Gasteiger partial charge in [0.2, 0.25) is 5.95 Å². The maximum absolute atomic E-state index is 11.6. The molecule has 2 atom stereocenters. The molecule has 9 nitrogen and oxygen atoms in total. The third-order valence-electron chi connectivity index (χ3n) is 3.04. The number of aliphatic hydroxyl groups excluding tert-OH is 3. The Hall–Kier alpha value is -1.94. The Labute approximate surface area is 113 Å². The van der Waals surface area contributed by atoms with Crippen molar-refractivity contribution in [3.05, 3.63) is 22.1 Å². The highest BCUT2D eigenvalue weighted by Gasteiger charge is 2.18. The van der Waals surface area contributed by atoms with Gasteiger partial charge in [-0.25, -0.2) is 4.98 Å². The Morgan fingerprint density at radius 3 is 2.80 bits per heavy atom. The fourth-order valence-electron chi connectivity index (χ4n) is 1.91. The predicted molar refractivity (Wildman–Crippen MR) is 71.9 cm³/mol. The monoisotopic (exact) mass is 283 g/mol. The molecule has 110 valence electrons. The molecule has 0 aliphatic rings. The lowest BCUT2D eigenvalue weighted by Gasteiger charge is -2.20. The van der Waals surface area contributed by atoms with Gasteiger partial charge < -0.3 is 31.4 Å². The van der Waals surface area contributed by atoms with Crippen LogP contribution in [0.1, 0.15) is 5.56 Å². The molecule has 0 aliphatic carbocycles. The summed E-state index contributed by atoms with van der Waals surface area (Å²) in [5.41, 5.74) is 6.52. The second-order valence-corrected chi connectivity index (χ2v) is 4.41. The molecule has 9 heteroatoms. The van der Waals surface area contributed by atoms with Crippen LogP contribution in [-0.4, -0.2) is 55.6 Å². The summed E-state index contributed by atoms with van der Waals surface area (Å²) in [5, 5.41) is 30.3. The van der Waals surface area contributed by atoms with Gasteiger partial charge in [0.25, 0.3) is 5.56 Å². The van der Waals surface area contributed by atoms with Gasteiger partial charge in [-0.05, 0) is 0 Å². The number of hydrogen-bond donors (Lipinski definition) is 7. The van der Waals surface area contributed by atoms with Crippen molar-refractivity contribution in [1.29, 1.82) is 0 Å². The molecule has 0 saturated heterocycles. The number of nitrogen functional groups attached to an aromatic ring is 1. The fraction of sp³-hybridized carbons (Fsp3) is 0.455. The van der Waals surface area contributed by atoms with E-state index in [9.17, 15) is 9.90 Å². The lowest BCUT2D eigenvalue weighted by atomic mass is 10.1. The van der Waals surface area contributed by atoms with Crippen molar-refractivity contribution in [3.8, 4) is 0 Å². The van der Waals surface area contributed by atoms with Crippen molar-refractivity contribution in [1.82, 2.24) is 20.3 Å². The largest absolute Gasteiger partial charge is 0.395 e. The number of nitrogens with zero attached hydrogens (tertiary/aromatic N) is 1. The molecule has 0 saturated carbocycles. The lowest BCUT2D eigenvalue weighted by molar-refractivity contribution is 0.0411. The van der Waals surface area contributed by atoms with Crippen molar-refractivity contribution < 1.29 is 15.3 Å². The number of hydrogen-bond acceptors (Lipinski definition) is 7. The van der Waals surface area contributed by atoms with Gasteiger partial charge in [-0.15, -0.1) is 0 Å². The minimum absolute atomic E-state index is 0.0115. The van der Waals surface area contributed by atoms with E-state index in [2.05, 4.69) is 20.3 Å². The van der Waals surface area contributed by atoms with Crippen LogP contribution < -0.4 is 16.6 Å². The summed E-state index contributed by atoms with van der Waals surface area (Å²) < 4.78 is 0. The normalized spacial score (nSPS) is 14.6. The molecule has 0 aliphatic heterocycles. The van der Waals surface area contributed by atoms with E-state index in [1.165, 1.54) is 0 Å². The number of anilines is 1. The smallest absolute Gasteiger partial charge is 0.276 e. The van der Waals surface area contributed by atoms with E-state index in [-0.39, 0.29) is 24.7 Å². The molecule has 0 bridgehead atoms. The highest BCUT2D eigenvalue weighted by molar-refractivity contribution is 5.78. The molecule has 0 amide bonds. The maximum Gasteiger partial charge on any atom is 0.276 e. The average molecular weight is 283 g/mol. The Bertz CT molecular complexity index is 637. The van der Waals surface area contributed by atoms with Gasteiger partial charge in [0.1, 0.15) is 11.0 Å². The number of rotatable bonds is 6. The van der Waals surface area contributed by atoms with Crippen molar-refractivity contribution in [3.63, 3.8) is 0 Å². The van der Waals surface area contributed by atoms with E-state index < -0.39 is 18.8 Å². The SMILES string of the molecule is Nc1nc2c(CNC(CO)C(O)CO)c[nH]c2c(=O)[nH]1. The molecular weight excluding hydrogens is 266 g/mol. The average Bonchev–Trinajstić information content (AvgIpc) is 2.82. The second kappa shape index (κ2) is 6.01. The number of aliphatic hydroxyl groups is 3. The van der Waals surface area contributed by atoms with Crippen LogP contribution in [0.4, 0.5) is 5.95 Å². The summed E-state index contributed by atoms with van der Waals surface area (Å²) in [7, 11) is 0. The van der Waals surface area contributed by atoms with Gasteiger partial charge in [0.15, 0.2) is 0 Å². The van der Waals surface area contributed by atoms with Crippen LogP contribution >= 0.6 is 0 Å². The lowest BCUT2D eigenvalue weighted by Crippen LogP contribution is -2.44. The first-order chi connectivity index (χ1) is 9.56. The summed E-state index contributed by atoms with van der Waals surface area (Å²) in [6.45, 7) is -0.546. The molecule has 2 aromatic heterocycles. The van der Waals surface area contributed by atoms with Gasteiger partial charge in [-0.2, -0.15) is 0 Å². The Morgan fingerprint density at radius 1 is 1.40 bits per heavy atom. The number of fused-ring (bicyclic) bond motifs is 1. The zero-order chi connectivity index (χ0) is 14.7. The van der Waals surface area contributed by atoms with E-state index in [0.29, 0.717) is 16.6 Å². The van der Waals surface area contributed by atoms with Crippen molar-refractivity contribution in [2.75, 3.05) is 18.9 Å². The quantitative estimate of drug-likeness (QED) is 0.312. The molecule has 2 aromatic rings. The maximum atomic E-state index is 11.6. The summed E-state index contributed by atoms with van der Waals surface area (Å²) >= 11 is 0. The van der Waals surface area contributed by atoms with Crippen LogP contribution in [0.3, 0.4) is 0 Å². The number of H-pyrrole nitrogens is 2.